The Bertz CT molecular complexity index is 664. The summed E-state index contributed by atoms with van der Waals surface area (Å²) in [4.78, 5) is 20.5. The third-order valence-corrected chi connectivity index (χ3v) is 3.41. The summed E-state index contributed by atoms with van der Waals surface area (Å²) in [5.41, 5.74) is 6.86. The van der Waals surface area contributed by atoms with Gasteiger partial charge in [-0.1, -0.05) is 30.8 Å². The molecule has 2 rings (SSSR count). The number of rotatable bonds is 6. The molecule has 0 saturated carbocycles. The van der Waals surface area contributed by atoms with E-state index in [1.165, 1.54) is 11.8 Å². The van der Waals surface area contributed by atoms with E-state index >= 15 is 0 Å². The number of ether oxygens (including phenoxy) is 1. The molecular weight excluding hydrogens is 300 g/mol. The van der Waals surface area contributed by atoms with Crippen molar-refractivity contribution in [1.82, 2.24) is 9.97 Å². The van der Waals surface area contributed by atoms with Gasteiger partial charge in [-0.05, 0) is 24.8 Å². The van der Waals surface area contributed by atoms with Crippen molar-refractivity contribution in [3.63, 3.8) is 0 Å². The van der Waals surface area contributed by atoms with Crippen LogP contribution in [0, 0.1) is 0 Å². The van der Waals surface area contributed by atoms with Gasteiger partial charge in [0, 0.05) is 6.07 Å². The smallest absolute Gasteiger partial charge is 0.340 e. The molecule has 0 aliphatic rings. The zero-order valence-corrected chi connectivity index (χ0v) is 13.3. The maximum atomic E-state index is 12.0. The van der Waals surface area contributed by atoms with Crippen LogP contribution < -0.4 is 11.1 Å². The van der Waals surface area contributed by atoms with Crippen LogP contribution >= 0.6 is 11.8 Å². The zero-order chi connectivity index (χ0) is 15.9. The van der Waals surface area contributed by atoms with Gasteiger partial charge in [-0.3, -0.25) is 0 Å². The van der Waals surface area contributed by atoms with Crippen LogP contribution in [-0.4, -0.2) is 28.3 Å². The van der Waals surface area contributed by atoms with Crippen molar-refractivity contribution in [2.75, 3.05) is 23.4 Å². The van der Waals surface area contributed by atoms with E-state index in [2.05, 4.69) is 15.3 Å². The van der Waals surface area contributed by atoms with Gasteiger partial charge >= 0.3 is 5.97 Å². The summed E-state index contributed by atoms with van der Waals surface area (Å²) in [7, 11) is 0. The lowest BCUT2D eigenvalue weighted by Gasteiger charge is -2.11. The number of hydrogen-bond donors (Lipinski definition) is 2. The molecule has 3 N–H and O–H groups in total. The molecule has 6 nitrogen and oxygen atoms in total. The number of thioether (sulfide) groups is 1. The molecule has 0 aliphatic heterocycles. The van der Waals surface area contributed by atoms with E-state index in [0.717, 1.165) is 5.75 Å². The minimum atomic E-state index is -0.379. The highest BCUT2D eigenvalue weighted by Gasteiger charge is 2.13. The van der Waals surface area contributed by atoms with E-state index in [-0.39, 0.29) is 5.97 Å². The van der Waals surface area contributed by atoms with Crippen molar-refractivity contribution in [3.8, 4) is 0 Å². The highest BCUT2D eigenvalue weighted by Crippen LogP contribution is 2.23. The van der Waals surface area contributed by atoms with Crippen LogP contribution in [0.25, 0.3) is 0 Å². The summed E-state index contributed by atoms with van der Waals surface area (Å²) in [5, 5.41) is 3.70. The number of nitrogens with two attached hydrogens (primary N) is 1. The molecule has 0 fully saturated rings. The molecule has 1 aromatic heterocycles. The molecule has 0 atom stereocenters. The number of benzene rings is 1. The van der Waals surface area contributed by atoms with Crippen molar-refractivity contribution < 1.29 is 9.53 Å². The topological polar surface area (TPSA) is 90.1 Å². The maximum Gasteiger partial charge on any atom is 0.340 e. The summed E-state index contributed by atoms with van der Waals surface area (Å²) in [6, 6.07) is 8.73. The van der Waals surface area contributed by atoms with Crippen LogP contribution in [0.5, 0.6) is 0 Å². The lowest BCUT2D eigenvalue weighted by Crippen LogP contribution is -2.08. The number of anilines is 3. The Balaban J connectivity index is 2.29. The number of nitrogens with zero attached hydrogens (tertiary/aromatic N) is 2. The minimum Gasteiger partial charge on any atom is -0.462 e. The Hall–Kier alpha value is -2.28. The largest absolute Gasteiger partial charge is 0.462 e. The molecule has 0 spiro atoms. The second-order valence-electron chi connectivity index (χ2n) is 4.28. The Morgan fingerprint density at radius 1 is 1.32 bits per heavy atom. The molecular formula is C15H18N4O2S. The van der Waals surface area contributed by atoms with E-state index in [4.69, 9.17) is 10.5 Å². The first kappa shape index (κ1) is 16.1. The van der Waals surface area contributed by atoms with Gasteiger partial charge in [-0.2, -0.15) is 0 Å². The monoisotopic (exact) mass is 318 g/mol. The van der Waals surface area contributed by atoms with E-state index in [0.29, 0.717) is 34.6 Å². The normalized spacial score (nSPS) is 10.3. The quantitative estimate of drug-likeness (QED) is 0.480. The van der Waals surface area contributed by atoms with Crippen molar-refractivity contribution in [1.29, 1.82) is 0 Å². The van der Waals surface area contributed by atoms with Gasteiger partial charge in [0.1, 0.15) is 11.6 Å². The Kier molecular flexibility index (Phi) is 5.60. The van der Waals surface area contributed by atoms with E-state index in [9.17, 15) is 4.79 Å². The predicted molar refractivity (Wildman–Crippen MR) is 88.5 cm³/mol. The van der Waals surface area contributed by atoms with Crippen LogP contribution in [-0.2, 0) is 4.74 Å². The molecule has 22 heavy (non-hydrogen) atoms. The van der Waals surface area contributed by atoms with Crippen molar-refractivity contribution in [2.24, 2.45) is 0 Å². The predicted octanol–water partition coefficient (Wildman–Crippen LogP) is 3.09. The molecule has 1 heterocycles. The second-order valence-corrected chi connectivity index (χ2v) is 5.52. The molecule has 1 aromatic carbocycles. The fourth-order valence-electron chi connectivity index (χ4n) is 1.82. The van der Waals surface area contributed by atoms with Gasteiger partial charge in [-0.15, -0.1) is 0 Å². The molecule has 2 aromatic rings. The zero-order valence-electron chi connectivity index (χ0n) is 12.5. The summed E-state index contributed by atoms with van der Waals surface area (Å²) in [5.74, 6) is 1.39. The van der Waals surface area contributed by atoms with Crippen LogP contribution in [0.4, 0.5) is 17.3 Å². The Morgan fingerprint density at radius 3 is 2.82 bits per heavy atom. The van der Waals surface area contributed by atoms with Crippen LogP contribution in [0.2, 0.25) is 0 Å². The first-order chi connectivity index (χ1) is 10.6. The number of nitrogens with one attached hydrogen (secondary N) is 1. The highest BCUT2D eigenvalue weighted by atomic mass is 32.2. The van der Waals surface area contributed by atoms with E-state index in [1.807, 2.05) is 13.0 Å². The summed E-state index contributed by atoms with van der Waals surface area (Å²) >= 11 is 1.50. The van der Waals surface area contributed by atoms with E-state index < -0.39 is 0 Å². The third kappa shape index (κ3) is 4.11. The average Bonchev–Trinajstić information content (AvgIpc) is 2.47. The minimum absolute atomic E-state index is 0.324. The second kappa shape index (κ2) is 7.65. The van der Waals surface area contributed by atoms with E-state index in [1.54, 1.807) is 31.2 Å². The molecule has 0 bridgehead atoms. The van der Waals surface area contributed by atoms with Crippen molar-refractivity contribution >= 4 is 35.1 Å². The molecule has 0 amide bonds. The lowest BCUT2D eigenvalue weighted by molar-refractivity contribution is 0.0527. The molecule has 0 saturated heterocycles. The van der Waals surface area contributed by atoms with Crippen LogP contribution in [0.1, 0.15) is 24.2 Å². The number of carbonyl (C=O) groups excluding carboxylic acids is 1. The Morgan fingerprint density at radius 2 is 2.09 bits per heavy atom. The van der Waals surface area contributed by atoms with Gasteiger partial charge in [-0.25, -0.2) is 14.8 Å². The van der Waals surface area contributed by atoms with Gasteiger partial charge in [0.25, 0.3) is 0 Å². The third-order valence-electron chi connectivity index (χ3n) is 2.68. The van der Waals surface area contributed by atoms with Gasteiger partial charge in [0.05, 0.1) is 17.9 Å². The van der Waals surface area contributed by atoms with Crippen LogP contribution in [0.15, 0.2) is 35.5 Å². The SMILES string of the molecule is CCOC(=O)c1ccccc1Nc1cc(N)nc(SCC)n1. The molecule has 0 unspecified atom stereocenters. The highest BCUT2D eigenvalue weighted by molar-refractivity contribution is 7.99. The number of aromatic nitrogens is 2. The summed E-state index contributed by atoms with van der Waals surface area (Å²) in [6.45, 7) is 4.11. The van der Waals surface area contributed by atoms with Crippen molar-refractivity contribution in [2.45, 2.75) is 19.0 Å². The Labute approximate surface area is 133 Å². The first-order valence-corrected chi connectivity index (χ1v) is 7.93. The summed E-state index contributed by atoms with van der Waals surface area (Å²) < 4.78 is 5.05. The number of para-hydroxylation sites is 1. The van der Waals surface area contributed by atoms with Gasteiger partial charge in [0.15, 0.2) is 5.16 Å². The fraction of sp³-hybridized carbons (Fsp3) is 0.267. The number of hydrogen-bond acceptors (Lipinski definition) is 7. The molecule has 7 heteroatoms. The maximum absolute atomic E-state index is 12.0. The average molecular weight is 318 g/mol. The number of carbonyl (C=O) groups is 1. The molecule has 0 aliphatic carbocycles. The molecule has 0 radical (unpaired) electrons. The number of nitrogen functional groups attached to an aromatic ring is 1. The molecule has 116 valence electrons. The van der Waals surface area contributed by atoms with Gasteiger partial charge in [0.2, 0.25) is 0 Å². The van der Waals surface area contributed by atoms with Crippen molar-refractivity contribution in [3.05, 3.63) is 35.9 Å². The summed E-state index contributed by atoms with van der Waals surface area (Å²) in [6.07, 6.45) is 0. The number of esters is 1. The fourth-order valence-corrected chi connectivity index (χ4v) is 2.41. The standard InChI is InChI=1S/C15H18N4O2S/c1-3-21-14(20)10-7-5-6-8-11(10)17-13-9-12(16)18-15(19-13)22-4-2/h5-9H,3-4H2,1-2H3,(H3,16,17,18,19). The van der Waals surface area contributed by atoms with Crippen LogP contribution in [0.3, 0.4) is 0 Å². The lowest BCUT2D eigenvalue weighted by atomic mass is 10.2. The first-order valence-electron chi connectivity index (χ1n) is 6.94. The van der Waals surface area contributed by atoms with Gasteiger partial charge < -0.3 is 15.8 Å².